The van der Waals surface area contributed by atoms with Crippen molar-refractivity contribution in [1.29, 1.82) is 0 Å². The quantitative estimate of drug-likeness (QED) is 0.880. The van der Waals surface area contributed by atoms with Gasteiger partial charge in [-0.1, -0.05) is 42.7 Å². The van der Waals surface area contributed by atoms with E-state index in [2.05, 4.69) is 34.5 Å². The van der Waals surface area contributed by atoms with E-state index >= 15 is 0 Å². The molecule has 3 nitrogen and oxygen atoms in total. The number of carbonyl (C=O) groups excluding carboxylic acids is 1. The van der Waals surface area contributed by atoms with E-state index in [1.807, 2.05) is 31.2 Å². The molecule has 1 N–H and O–H groups in total. The van der Waals surface area contributed by atoms with Crippen LogP contribution in [0.5, 0.6) is 0 Å². The number of benzene rings is 2. The van der Waals surface area contributed by atoms with E-state index in [0.29, 0.717) is 6.54 Å². The molecule has 2 aromatic carbocycles. The van der Waals surface area contributed by atoms with Gasteiger partial charge in [0.15, 0.2) is 0 Å². The Balaban J connectivity index is 1.48. The van der Waals surface area contributed by atoms with E-state index in [1.165, 1.54) is 55.6 Å². The van der Waals surface area contributed by atoms with Crippen molar-refractivity contribution in [1.82, 2.24) is 5.32 Å². The molecule has 3 heteroatoms. The molecule has 0 radical (unpaired) electrons. The Morgan fingerprint density at radius 1 is 0.920 bits per heavy atom. The van der Waals surface area contributed by atoms with Crippen LogP contribution in [0.3, 0.4) is 0 Å². The Hall–Kier alpha value is -2.29. The van der Waals surface area contributed by atoms with Gasteiger partial charge in [-0.05, 0) is 56.0 Å². The first-order valence-corrected chi connectivity index (χ1v) is 9.41. The number of anilines is 1. The second-order valence-corrected chi connectivity index (χ2v) is 6.94. The first-order valence-electron chi connectivity index (χ1n) is 9.41. The summed E-state index contributed by atoms with van der Waals surface area (Å²) < 4.78 is 0. The van der Waals surface area contributed by atoms with Gasteiger partial charge in [0.25, 0.3) is 5.91 Å². The number of hydrogen-bond donors (Lipinski definition) is 1. The Kier molecular flexibility index (Phi) is 6.10. The minimum Gasteiger partial charge on any atom is -0.372 e. The summed E-state index contributed by atoms with van der Waals surface area (Å²) in [6.45, 7) is 5.03. The molecule has 1 aliphatic heterocycles. The van der Waals surface area contributed by atoms with Gasteiger partial charge >= 0.3 is 0 Å². The minimum absolute atomic E-state index is 0.00110. The van der Waals surface area contributed by atoms with Crippen LogP contribution in [0.25, 0.3) is 0 Å². The van der Waals surface area contributed by atoms with Gasteiger partial charge in [-0.25, -0.2) is 0 Å². The van der Waals surface area contributed by atoms with Crippen LogP contribution >= 0.6 is 0 Å². The molecule has 0 aromatic heterocycles. The van der Waals surface area contributed by atoms with Crippen molar-refractivity contribution in [3.63, 3.8) is 0 Å². The van der Waals surface area contributed by atoms with E-state index in [0.717, 1.165) is 12.0 Å². The Bertz CT molecular complexity index is 668. The van der Waals surface area contributed by atoms with Crippen molar-refractivity contribution in [3.8, 4) is 0 Å². The van der Waals surface area contributed by atoms with E-state index < -0.39 is 0 Å². The molecule has 132 valence electrons. The molecule has 0 spiro atoms. The number of aryl methyl sites for hydroxylation is 1. The lowest BCUT2D eigenvalue weighted by Gasteiger charge is -2.22. The summed E-state index contributed by atoms with van der Waals surface area (Å²) in [5.41, 5.74) is 4.49. The van der Waals surface area contributed by atoms with Gasteiger partial charge in [-0.3, -0.25) is 4.79 Å². The smallest absolute Gasteiger partial charge is 0.251 e. The van der Waals surface area contributed by atoms with Gasteiger partial charge in [0, 0.05) is 30.9 Å². The monoisotopic (exact) mass is 336 g/mol. The molecule has 3 rings (SSSR count). The molecule has 1 saturated heterocycles. The van der Waals surface area contributed by atoms with E-state index in [1.54, 1.807) is 0 Å². The zero-order chi connectivity index (χ0) is 17.5. The van der Waals surface area contributed by atoms with Crippen molar-refractivity contribution >= 4 is 11.6 Å². The van der Waals surface area contributed by atoms with Gasteiger partial charge in [0.2, 0.25) is 0 Å². The van der Waals surface area contributed by atoms with Crippen molar-refractivity contribution in [2.24, 2.45) is 0 Å². The predicted molar refractivity (Wildman–Crippen MR) is 104 cm³/mol. The second kappa shape index (κ2) is 8.70. The van der Waals surface area contributed by atoms with Crippen LogP contribution in [0.4, 0.5) is 5.69 Å². The first kappa shape index (κ1) is 17.5. The number of nitrogens with zero attached hydrogens (tertiary/aromatic N) is 1. The van der Waals surface area contributed by atoms with E-state index in [-0.39, 0.29) is 5.91 Å². The molecule has 25 heavy (non-hydrogen) atoms. The summed E-state index contributed by atoms with van der Waals surface area (Å²) in [6, 6.07) is 16.5. The molecule has 1 fully saturated rings. The summed E-state index contributed by atoms with van der Waals surface area (Å²) in [6.07, 6.45) is 6.17. The summed E-state index contributed by atoms with van der Waals surface area (Å²) in [7, 11) is 0. The van der Waals surface area contributed by atoms with Gasteiger partial charge in [-0.2, -0.15) is 0 Å². The molecule has 0 aliphatic carbocycles. The van der Waals surface area contributed by atoms with Crippen LogP contribution in [0, 0.1) is 6.92 Å². The highest BCUT2D eigenvalue weighted by Crippen LogP contribution is 2.20. The predicted octanol–water partition coefficient (Wildman–Crippen LogP) is 4.35. The fraction of sp³-hybridized carbons (Fsp3) is 0.409. The van der Waals surface area contributed by atoms with E-state index in [4.69, 9.17) is 0 Å². The Morgan fingerprint density at radius 3 is 2.20 bits per heavy atom. The first-order chi connectivity index (χ1) is 12.2. The highest BCUT2D eigenvalue weighted by Gasteiger charge is 2.09. The average molecular weight is 336 g/mol. The van der Waals surface area contributed by atoms with Crippen LogP contribution in [0.2, 0.25) is 0 Å². The highest BCUT2D eigenvalue weighted by molar-refractivity contribution is 5.94. The van der Waals surface area contributed by atoms with Crippen LogP contribution in [0.15, 0.2) is 48.5 Å². The third-order valence-electron chi connectivity index (χ3n) is 4.92. The molecule has 0 saturated carbocycles. The standard InChI is InChI=1S/C22H28N2O/c1-18-6-10-20(11-7-18)22(25)23-15-14-19-8-12-21(13-9-19)24-16-4-2-3-5-17-24/h6-13H,2-5,14-17H2,1H3,(H,23,25). The van der Waals surface area contributed by atoms with Crippen LogP contribution in [-0.4, -0.2) is 25.5 Å². The lowest BCUT2D eigenvalue weighted by Crippen LogP contribution is -2.25. The maximum absolute atomic E-state index is 12.1. The third-order valence-corrected chi connectivity index (χ3v) is 4.92. The number of rotatable bonds is 5. The zero-order valence-corrected chi connectivity index (χ0v) is 15.1. The van der Waals surface area contributed by atoms with Gasteiger partial charge in [-0.15, -0.1) is 0 Å². The highest BCUT2D eigenvalue weighted by atomic mass is 16.1. The Morgan fingerprint density at radius 2 is 1.56 bits per heavy atom. The third kappa shape index (κ3) is 5.09. The van der Waals surface area contributed by atoms with Crippen molar-refractivity contribution < 1.29 is 4.79 Å². The van der Waals surface area contributed by atoms with Crippen molar-refractivity contribution in [2.75, 3.05) is 24.5 Å². The molecule has 2 aromatic rings. The number of hydrogen-bond acceptors (Lipinski definition) is 2. The molecular formula is C22H28N2O. The van der Waals surface area contributed by atoms with E-state index in [9.17, 15) is 4.79 Å². The Labute approximate surface area is 151 Å². The molecule has 0 atom stereocenters. The molecule has 1 amide bonds. The summed E-state index contributed by atoms with van der Waals surface area (Å²) in [5, 5.41) is 3.00. The van der Waals surface area contributed by atoms with Crippen molar-refractivity contribution in [3.05, 3.63) is 65.2 Å². The fourth-order valence-corrected chi connectivity index (χ4v) is 3.33. The lowest BCUT2D eigenvalue weighted by molar-refractivity contribution is 0.0954. The van der Waals surface area contributed by atoms with Crippen LogP contribution in [0.1, 0.15) is 47.2 Å². The summed E-state index contributed by atoms with van der Waals surface area (Å²) >= 11 is 0. The summed E-state index contributed by atoms with van der Waals surface area (Å²) in [5.74, 6) is 0.00110. The molecular weight excluding hydrogens is 308 g/mol. The maximum Gasteiger partial charge on any atom is 0.251 e. The fourth-order valence-electron chi connectivity index (χ4n) is 3.33. The van der Waals surface area contributed by atoms with Crippen molar-refractivity contribution in [2.45, 2.75) is 39.0 Å². The van der Waals surface area contributed by atoms with Gasteiger partial charge in [0.05, 0.1) is 0 Å². The second-order valence-electron chi connectivity index (χ2n) is 6.94. The molecule has 0 bridgehead atoms. The summed E-state index contributed by atoms with van der Waals surface area (Å²) in [4.78, 5) is 14.6. The van der Waals surface area contributed by atoms with Gasteiger partial charge in [0.1, 0.15) is 0 Å². The zero-order valence-electron chi connectivity index (χ0n) is 15.1. The number of amides is 1. The van der Waals surface area contributed by atoms with Gasteiger partial charge < -0.3 is 10.2 Å². The maximum atomic E-state index is 12.1. The number of nitrogens with one attached hydrogen (secondary N) is 1. The molecule has 1 heterocycles. The molecule has 1 aliphatic rings. The minimum atomic E-state index is 0.00110. The normalized spacial score (nSPS) is 14.8. The van der Waals surface area contributed by atoms with Crippen LogP contribution in [-0.2, 0) is 6.42 Å². The molecule has 0 unspecified atom stereocenters. The lowest BCUT2D eigenvalue weighted by atomic mass is 10.1. The largest absolute Gasteiger partial charge is 0.372 e. The number of carbonyl (C=O) groups is 1. The van der Waals surface area contributed by atoms with Crippen LogP contribution < -0.4 is 10.2 Å². The topological polar surface area (TPSA) is 32.3 Å². The SMILES string of the molecule is Cc1ccc(C(=O)NCCc2ccc(N3CCCCCC3)cc2)cc1. The average Bonchev–Trinajstić information content (AvgIpc) is 2.92.